The maximum atomic E-state index is 12.9. The zero-order chi connectivity index (χ0) is 20.2. The molecule has 1 saturated heterocycles. The predicted molar refractivity (Wildman–Crippen MR) is 108 cm³/mol. The minimum Gasteiger partial charge on any atom is -0.457 e. The Bertz CT molecular complexity index is 1110. The van der Waals surface area contributed by atoms with Crippen LogP contribution in [0, 0.1) is 0 Å². The van der Waals surface area contributed by atoms with Gasteiger partial charge in [0.05, 0.1) is 5.69 Å². The lowest BCUT2D eigenvalue weighted by atomic mass is 10.1. The van der Waals surface area contributed by atoms with Crippen molar-refractivity contribution in [3.05, 3.63) is 96.1 Å². The molecular formula is C23H16N2O4. The summed E-state index contributed by atoms with van der Waals surface area (Å²) >= 11 is 0. The molecule has 142 valence electrons. The number of urea groups is 1. The highest BCUT2D eigenvalue weighted by Crippen LogP contribution is 2.25. The number of hydrogen-bond donors (Lipinski definition) is 1. The lowest BCUT2D eigenvalue weighted by molar-refractivity contribution is -0.122. The average molecular weight is 384 g/mol. The molecule has 1 N–H and O–H groups in total. The van der Waals surface area contributed by atoms with Gasteiger partial charge in [-0.2, -0.15) is 0 Å². The second-order valence-corrected chi connectivity index (χ2v) is 6.28. The van der Waals surface area contributed by atoms with Crippen LogP contribution in [0.5, 0.6) is 11.5 Å². The third-order valence-electron chi connectivity index (χ3n) is 4.26. The summed E-state index contributed by atoms with van der Waals surface area (Å²) in [4.78, 5) is 38.3. The second-order valence-electron chi connectivity index (χ2n) is 6.28. The van der Waals surface area contributed by atoms with Gasteiger partial charge in [-0.3, -0.25) is 14.9 Å². The summed E-state index contributed by atoms with van der Waals surface area (Å²) in [5, 5.41) is 2.21. The highest BCUT2D eigenvalue weighted by Gasteiger charge is 2.36. The Labute approximate surface area is 167 Å². The number of anilines is 1. The van der Waals surface area contributed by atoms with Crippen LogP contribution in [-0.4, -0.2) is 17.8 Å². The fourth-order valence-corrected chi connectivity index (χ4v) is 2.93. The van der Waals surface area contributed by atoms with E-state index in [1.54, 1.807) is 54.6 Å². The quantitative estimate of drug-likeness (QED) is 0.542. The molecule has 0 aliphatic carbocycles. The van der Waals surface area contributed by atoms with Gasteiger partial charge in [0.15, 0.2) is 0 Å². The number of carbonyl (C=O) groups is 3. The Morgan fingerprint density at radius 1 is 0.759 bits per heavy atom. The van der Waals surface area contributed by atoms with E-state index in [0.29, 0.717) is 22.7 Å². The van der Waals surface area contributed by atoms with E-state index in [4.69, 9.17) is 4.74 Å². The zero-order valence-corrected chi connectivity index (χ0v) is 15.2. The lowest BCUT2D eigenvalue weighted by Crippen LogP contribution is -2.54. The first kappa shape index (κ1) is 18.2. The molecule has 0 unspecified atom stereocenters. The van der Waals surface area contributed by atoms with Crippen LogP contribution in [0.2, 0.25) is 0 Å². The number of ether oxygens (including phenoxy) is 1. The summed E-state index contributed by atoms with van der Waals surface area (Å²) in [6, 6.07) is 23.9. The van der Waals surface area contributed by atoms with Gasteiger partial charge >= 0.3 is 6.03 Å². The molecule has 0 spiro atoms. The molecule has 6 nitrogen and oxygen atoms in total. The first-order valence-electron chi connectivity index (χ1n) is 8.91. The number of imide groups is 2. The largest absolute Gasteiger partial charge is 0.457 e. The van der Waals surface area contributed by atoms with Gasteiger partial charge in [-0.05, 0) is 48.0 Å². The van der Waals surface area contributed by atoms with E-state index in [9.17, 15) is 14.4 Å². The van der Waals surface area contributed by atoms with Crippen molar-refractivity contribution < 1.29 is 19.1 Å². The fraction of sp³-hybridized carbons (Fsp3) is 0. The van der Waals surface area contributed by atoms with Gasteiger partial charge in [-0.1, -0.05) is 48.5 Å². The van der Waals surface area contributed by atoms with Crippen molar-refractivity contribution >= 4 is 29.6 Å². The fourth-order valence-electron chi connectivity index (χ4n) is 2.93. The van der Waals surface area contributed by atoms with Gasteiger partial charge < -0.3 is 4.74 Å². The summed E-state index contributed by atoms with van der Waals surface area (Å²) in [5.41, 5.74) is 0.846. The smallest absolute Gasteiger partial charge is 0.335 e. The molecule has 0 radical (unpaired) electrons. The third kappa shape index (κ3) is 3.91. The van der Waals surface area contributed by atoms with Crippen LogP contribution in [0.3, 0.4) is 0 Å². The number of benzene rings is 3. The highest BCUT2D eigenvalue weighted by atomic mass is 16.5. The molecule has 1 fully saturated rings. The lowest BCUT2D eigenvalue weighted by Gasteiger charge is -2.26. The molecule has 4 amide bonds. The van der Waals surface area contributed by atoms with Crippen LogP contribution < -0.4 is 15.0 Å². The van der Waals surface area contributed by atoms with Crippen LogP contribution in [0.25, 0.3) is 6.08 Å². The molecule has 1 aliphatic rings. The summed E-state index contributed by atoms with van der Waals surface area (Å²) in [6.45, 7) is 0. The minimum atomic E-state index is -0.774. The summed E-state index contributed by atoms with van der Waals surface area (Å²) in [7, 11) is 0. The molecule has 3 aromatic carbocycles. The Morgan fingerprint density at radius 2 is 1.41 bits per heavy atom. The van der Waals surface area contributed by atoms with Crippen LogP contribution in [0.1, 0.15) is 5.56 Å². The van der Waals surface area contributed by atoms with Crippen LogP contribution >= 0.6 is 0 Å². The summed E-state index contributed by atoms with van der Waals surface area (Å²) in [6.07, 6.45) is 1.44. The number of carbonyl (C=O) groups excluding carboxylic acids is 3. The third-order valence-corrected chi connectivity index (χ3v) is 4.26. The molecule has 1 heterocycles. The maximum Gasteiger partial charge on any atom is 0.335 e. The van der Waals surface area contributed by atoms with Crippen molar-refractivity contribution in [1.82, 2.24) is 5.32 Å². The molecule has 0 bridgehead atoms. The number of rotatable bonds is 4. The van der Waals surface area contributed by atoms with Gasteiger partial charge in [0.2, 0.25) is 0 Å². The van der Waals surface area contributed by atoms with Crippen molar-refractivity contribution in [1.29, 1.82) is 0 Å². The second kappa shape index (κ2) is 7.82. The van der Waals surface area contributed by atoms with Crippen LogP contribution in [0.15, 0.2) is 90.5 Å². The normalized spacial score (nSPS) is 15.4. The van der Waals surface area contributed by atoms with Gasteiger partial charge in [0.25, 0.3) is 11.8 Å². The van der Waals surface area contributed by atoms with E-state index in [0.717, 1.165) is 4.90 Å². The molecule has 29 heavy (non-hydrogen) atoms. The Morgan fingerprint density at radius 3 is 2.14 bits per heavy atom. The predicted octanol–water partition coefficient (Wildman–Crippen LogP) is 4.15. The van der Waals surface area contributed by atoms with E-state index in [-0.39, 0.29) is 5.57 Å². The van der Waals surface area contributed by atoms with Crippen LogP contribution in [0.4, 0.5) is 10.5 Å². The van der Waals surface area contributed by atoms with Crippen molar-refractivity contribution in [2.75, 3.05) is 4.90 Å². The van der Waals surface area contributed by atoms with E-state index in [2.05, 4.69) is 5.32 Å². The number of para-hydroxylation sites is 2. The molecule has 0 atom stereocenters. The Kier molecular flexibility index (Phi) is 4.90. The standard InChI is InChI=1S/C23H16N2O4/c26-21-20(22(27)25(23(28)24-21)17-9-3-1-4-10-17)15-16-8-7-13-19(14-16)29-18-11-5-2-6-12-18/h1-15H,(H,24,26,28). The van der Waals surface area contributed by atoms with Crippen LogP contribution in [-0.2, 0) is 9.59 Å². The summed E-state index contributed by atoms with van der Waals surface area (Å²) < 4.78 is 5.79. The van der Waals surface area contributed by atoms with Crippen molar-refractivity contribution in [3.8, 4) is 11.5 Å². The topological polar surface area (TPSA) is 75.7 Å². The van der Waals surface area contributed by atoms with Gasteiger partial charge in [-0.15, -0.1) is 0 Å². The monoisotopic (exact) mass is 384 g/mol. The Hall–Kier alpha value is -4.19. The molecule has 4 rings (SSSR count). The van der Waals surface area contributed by atoms with E-state index >= 15 is 0 Å². The summed E-state index contributed by atoms with van der Waals surface area (Å²) in [5.74, 6) is -0.185. The average Bonchev–Trinajstić information content (AvgIpc) is 2.73. The first-order valence-corrected chi connectivity index (χ1v) is 8.91. The molecule has 0 aromatic heterocycles. The minimum absolute atomic E-state index is 0.134. The van der Waals surface area contributed by atoms with E-state index in [1.165, 1.54) is 6.08 Å². The Balaban J connectivity index is 1.64. The van der Waals surface area contributed by atoms with Crippen molar-refractivity contribution in [2.24, 2.45) is 0 Å². The van der Waals surface area contributed by atoms with E-state index < -0.39 is 17.8 Å². The van der Waals surface area contributed by atoms with Gasteiger partial charge in [-0.25, -0.2) is 9.69 Å². The molecule has 6 heteroatoms. The highest BCUT2D eigenvalue weighted by molar-refractivity contribution is 6.39. The SMILES string of the molecule is O=C1NC(=O)N(c2ccccc2)C(=O)C1=Cc1cccc(Oc2ccccc2)c1. The van der Waals surface area contributed by atoms with Gasteiger partial charge in [0.1, 0.15) is 17.1 Å². The number of hydrogen-bond acceptors (Lipinski definition) is 4. The molecule has 0 saturated carbocycles. The molecule has 3 aromatic rings. The zero-order valence-electron chi connectivity index (χ0n) is 15.2. The first-order chi connectivity index (χ1) is 14.1. The van der Waals surface area contributed by atoms with Crippen molar-refractivity contribution in [3.63, 3.8) is 0 Å². The number of amides is 4. The molecular weight excluding hydrogens is 368 g/mol. The van der Waals surface area contributed by atoms with Crippen molar-refractivity contribution in [2.45, 2.75) is 0 Å². The van der Waals surface area contributed by atoms with Gasteiger partial charge in [0, 0.05) is 0 Å². The number of nitrogens with zero attached hydrogens (tertiary/aromatic N) is 1. The molecule has 1 aliphatic heterocycles. The maximum absolute atomic E-state index is 12.9. The number of barbiturate groups is 1. The number of nitrogens with one attached hydrogen (secondary N) is 1. The van der Waals surface area contributed by atoms with E-state index in [1.807, 2.05) is 30.3 Å².